The summed E-state index contributed by atoms with van der Waals surface area (Å²) in [4.78, 5) is 27.3. The second kappa shape index (κ2) is 8.30. The van der Waals surface area contributed by atoms with E-state index in [9.17, 15) is 9.59 Å². The highest BCUT2D eigenvalue weighted by Crippen LogP contribution is 2.38. The number of benzene rings is 3. The molecule has 0 saturated carbocycles. The number of nitrogens with zero attached hydrogens (tertiary/aromatic N) is 3. The summed E-state index contributed by atoms with van der Waals surface area (Å²) < 4.78 is 5.07. The van der Waals surface area contributed by atoms with Gasteiger partial charge in [-0.25, -0.2) is 9.69 Å². The van der Waals surface area contributed by atoms with Gasteiger partial charge in [-0.15, -0.1) is 0 Å². The lowest BCUT2D eigenvalue weighted by Crippen LogP contribution is -2.48. The summed E-state index contributed by atoms with van der Waals surface area (Å²) in [6, 6.07) is 26.9. The molecule has 3 aromatic rings. The molecule has 5 rings (SSSR count). The van der Waals surface area contributed by atoms with E-state index in [0.717, 1.165) is 28.1 Å². The lowest BCUT2D eigenvalue weighted by Gasteiger charge is -2.29. The van der Waals surface area contributed by atoms with Crippen LogP contribution < -0.4 is 5.01 Å². The van der Waals surface area contributed by atoms with Gasteiger partial charge in [0.1, 0.15) is 12.6 Å². The maximum Gasteiger partial charge on any atom is 0.416 e. The summed E-state index contributed by atoms with van der Waals surface area (Å²) in [5.41, 5.74) is 4.63. The number of ether oxygens (including phenoxy) is 1. The first-order valence-electron chi connectivity index (χ1n) is 10.7. The molecule has 3 aromatic carbocycles. The van der Waals surface area contributed by atoms with Crippen molar-refractivity contribution in [1.82, 2.24) is 4.90 Å². The average Bonchev–Trinajstić information content (AvgIpc) is 3.44. The Balaban J connectivity index is 1.68. The van der Waals surface area contributed by atoms with Crippen LogP contribution in [0.2, 0.25) is 0 Å². The quantitative estimate of drug-likeness (QED) is 0.624. The number of hydrazone groups is 1. The molecule has 1 fully saturated rings. The zero-order valence-corrected chi connectivity index (χ0v) is 17.7. The van der Waals surface area contributed by atoms with Gasteiger partial charge in [-0.3, -0.25) is 9.80 Å². The van der Waals surface area contributed by atoms with Gasteiger partial charge in [0.2, 0.25) is 0 Å². The zero-order chi connectivity index (χ0) is 22.1. The van der Waals surface area contributed by atoms with Crippen molar-refractivity contribution in [3.8, 4) is 0 Å². The summed E-state index contributed by atoms with van der Waals surface area (Å²) in [5.74, 6) is -0.657. The molecule has 2 atom stereocenters. The summed E-state index contributed by atoms with van der Waals surface area (Å²) in [7, 11) is 0. The van der Waals surface area contributed by atoms with Crippen LogP contribution in [0.4, 0.5) is 10.5 Å². The number of carbonyl (C=O) groups excluding carboxylic acids is 2. The molecule has 2 aliphatic heterocycles. The Bertz CT molecular complexity index is 1180. The Kier molecular flexibility index (Phi) is 5.19. The second-order valence-corrected chi connectivity index (χ2v) is 7.97. The highest BCUT2D eigenvalue weighted by Gasteiger charge is 2.48. The van der Waals surface area contributed by atoms with Gasteiger partial charge in [0.15, 0.2) is 0 Å². The van der Waals surface area contributed by atoms with Gasteiger partial charge in [0.25, 0.3) is 5.91 Å². The summed E-state index contributed by atoms with van der Waals surface area (Å²) in [6.07, 6.45) is -0.598. The van der Waals surface area contributed by atoms with Crippen molar-refractivity contribution in [2.75, 3.05) is 18.2 Å². The molecule has 0 spiro atoms. The van der Waals surface area contributed by atoms with Crippen molar-refractivity contribution >= 4 is 23.4 Å². The van der Waals surface area contributed by atoms with Gasteiger partial charge in [0.05, 0.1) is 23.9 Å². The molecule has 32 heavy (non-hydrogen) atoms. The Hall–Kier alpha value is -3.93. The van der Waals surface area contributed by atoms with E-state index in [1.54, 1.807) is 5.01 Å². The van der Waals surface area contributed by atoms with Crippen LogP contribution in [0.1, 0.15) is 22.6 Å². The minimum atomic E-state index is -0.707. The zero-order valence-electron chi connectivity index (χ0n) is 17.7. The number of anilines is 1. The third-order valence-corrected chi connectivity index (χ3v) is 5.86. The highest BCUT2D eigenvalue weighted by molar-refractivity contribution is 6.13. The predicted octanol–water partition coefficient (Wildman–Crippen LogP) is 4.35. The molecule has 1 saturated heterocycles. The summed E-state index contributed by atoms with van der Waals surface area (Å²) in [6.45, 7) is 2.50. The van der Waals surface area contributed by atoms with E-state index in [1.165, 1.54) is 4.90 Å². The Morgan fingerprint density at radius 3 is 2.34 bits per heavy atom. The first kappa shape index (κ1) is 20.0. The first-order valence-corrected chi connectivity index (χ1v) is 10.7. The molecule has 0 N–H and O–H groups in total. The standard InChI is InChI=1S/C26H23N3O3/c1-18-9-8-12-20(17-18)23-22(19-10-4-2-5-11-19)24(25(30)28-15-16-32-26(28)31)29(27-23)21-13-6-3-7-14-21/h2-14,17,22,24H,15-16H2,1H3/t22-,24-/m1/s1. The van der Waals surface area contributed by atoms with Gasteiger partial charge in [-0.2, -0.15) is 5.10 Å². The van der Waals surface area contributed by atoms with Gasteiger partial charge >= 0.3 is 6.09 Å². The number of imide groups is 1. The van der Waals surface area contributed by atoms with Crippen LogP contribution in [-0.2, 0) is 9.53 Å². The molecule has 6 nitrogen and oxygen atoms in total. The Labute approximate surface area is 186 Å². The number of cyclic esters (lactones) is 1. The Morgan fingerprint density at radius 2 is 1.69 bits per heavy atom. The van der Waals surface area contributed by atoms with E-state index in [1.807, 2.05) is 85.8 Å². The monoisotopic (exact) mass is 425 g/mol. The largest absolute Gasteiger partial charge is 0.447 e. The summed E-state index contributed by atoms with van der Waals surface area (Å²) >= 11 is 0. The minimum Gasteiger partial charge on any atom is -0.447 e. The molecular weight excluding hydrogens is 402 g/mol. The van der Waals surface area contributed by atoms with Crippen LogP contribution in [0, 0.1) is 6.92 Å². The van der Waals surface area contributed by atoms with Crippen LogP contribution in [-0.4, -0.2) is 41.8 Å². The van der Waals surface area contributed by atoms with E-state index < -0.39 is 12.1 Å². The van der Waals surface area contributed by atoms with Crippen molar-refractivity contribution in [3.63, 3.8) is 0 Å². The van der Waals surface area contributed by atoms with Crippen molar-refractivity contribution in [2.24, 2.45) is 5.10 Å². The highest BCUT2D eigenvalue weighted by atomic mass is 16.6. The molecule has 0 unspecified atom stereocenters. The van der Waals surface area contributed by atoms with E-state index >= 15 is 0 Å². The van der Waals surface area contributed by atoms with E-state index in [-0.39, 0.29) is 25.0 Å². The average molecular weight is 425 g/mol. The van der Waals surface area contributed by atoms with Crippen molar-refractivity contribution in [1.29, 1.82) is 0 Å². The molecule has 2 aliphatic rings. The fourth-order valence-corrected chi connectivity index (χ4v) is 4.37. The molecule has 0 radical (unpaired) electrons. The molecule has 0 aliphatic carbocycles. The molecule has 0 aromatic heterocycles. The number of hydrogen-bond donors (Lipinski definition) is 0. The smallest absolute Gasteiger partial charge is 0.416 e. The van der Waals surface area contributed by atoms with Crippen molar-refractivity contribution in [2.45, 2.75) is 18.9 Å². The van der Waals surface area contributed by atoms with Gasteiger partial charge < -0.3 is 4.74 Å². The van der Waals surface area contributed by atoms with Gasteiger partial charge in [-0.05, 0) is 30.2 Å². The van der Waals surface area contributed by atoms with Crippen LogP contribution in [0.25, 0.3) is 0 Å². The lowest BCUT2D eigenvalue weighted by molar-refractivity contribution is -0.129. The SMILES string of the molecule is Cc1cccc(C2=NN(c3ccccc3)[C@@H](C(=O)N3CCOC3=O)[C@@H]2c2ccccc2)c1. The fraction of sp³-hybridized carbons (Fsp3) is 0.192. The third-order valence-electron chi connectivity index (χ3n) is 5.86. The van der Waals surface area contributed by atoms with E-state index in [4.69, 9.17) is 9.84 Å². The molecule has 2 heterocycles. The minimum absolute atomic E-state index is 0.213. The van der Waals surface area contributed by atoms with E-state index in [0.29, 0.717) is 0 Å². The predicted molar refractivity (Wildman–Crippen MR) is 123 cm³/mol. The van der Waals surface area contributed by atoms with E-state index in [2.05, 4.69) is 6.07 Å². The Morgan fingerprint density at radius 1 is 0.969 bits per heavy atom. The maximum absolute atomic E-state index is 13.8. The topological polar surface area (TPSA) is 62.2 Å². The molecule has 6 heteroatoms. The van der Waals surface area contributed by atoms with Crippen molar-refractivity contribution < 1.29 is 14.3 Å². The maximum atomic E-state index is 13.8. The third kappa shape index (κ3) is 3.54. The van der Waals surface area contributed by atoms with Crippen LogP contribution in [0.5, 0.6) is 0 Å². The number of carbonyl (C=O) groups is 2. The van der Waals surface area contributed by atoms with Gasteiger partial charge in [-0.1, -0.05) is 78.4 Å². The molecule has 0 bridgehead atoms. The number of hydrogen-bond acceptors (Lipinski definition) is 5. The van der Waals surface area contributed by atoms with Crippen LogP contribution >= 0.6 is 0 Å². The number of rotatable bonds is 4. The number of para-hydroxylation sites is 1. The number of aryl methyl sites for hydroxylation is 1. The van der Waals surface area contributed by atoms with Crippen LogP contribution in [0.15, 0.2) is 90.0 Å². The second-order valence-electron chi connectivity index (χ2n) is 7.97. The fourth-order valence-electron chi connectivity index (χ4n) is 4.37. The normalized spacial score (nSPS) is 20.3. The molecule has 160 valence electrons. The van der Waals surface area contributed by atoms with Crippen LogP contribution in [0.3, 0.4) is 0 Å². The van der Waals surface area contributed by atoms with Gasteiger partial charge in [0, 0.05) is 0 Å². The molecule has 2 amide bonds. The molecular formula is C26H23N3O3. The first-order chi connectivity index (χ1) is 15.6. The van der Waals surface area contributed by atoms with Crippen molar-refractivity contribution in [3.05, 3.63) is 102 Å². The number of amides is 2. The summed E-state index contributed by atoms with van der Waals surface area (Å²) in [5, 5.41) is 6.73. The lowest BCUT2D eigenvalue weighted by atomic mass is 9.84.